The van der Waals surface area contributed by atoms with Crippen molar-refractivity contribution in [1.29, 1.82) is 0 Å². The Morgan fingerprint density at radius 3 is 2.52 bits per heavy atom. The molecular weight excluding hydrogens is 286 g/mol. The van der Waals surface area contributed by atoms with Gasteiger partial charge >= 0.3 is 0 Å². The van der Waals surface area contributed by atoms with Crippen LogP contribution in [-0.4, -0.2) is 29.4 Å². The zero-order valence-electron chi connectivity index (χ0n) is 14.0. The molecule has 0 bridgehead atoms. The molecule has 1 saturated heterocycles. The Morgan fingerprint density at radius 2 is 1.78 bits per heavy atom. The number of carbonyl (C=O) groups is 1. The van der Waals surface area contributed by atoms with Crippen LogP contribution in [0.15, 0.2) is 24.3 Å². The van der Waals surface area contributed by atoms with E-state index in [0.29, 0.717) is 6.54 Å². The molecule has 1 aromatic rings. The monoisotopic (exact) mass is 315 g/mol. The molecule has 0 aromatic heterocycles. The maximum Gasteiger partial charge on any atom is 0.240 e. The summed E-state index contributed by atoms with van der Waals surface area (Å²) in [6.45, 7) is 4.00. The largest absolute Gasteiger partial charge is 0.350 e. The van der Waals surface area contributed by atoms with Crippen molar-refractivity contribution in [2.75, 3.05) is 13.1 Å². The summed E-state index contributed by atoms with van der Waals surface area (Å²) in [4.78, 5) is 14.9. The lowest BCUT2D eigenvalue weighted by Crippen LogP contribution is -2.54. The summed E-state index contributed by atoms with van der Waals surface area (Å²) in [7, 11) is 0. The first-order chi connectivity index (χ1) is 11.2. The third kappa shape index (κ3) is 4.33. The summed E-state index contributed by atoms with van der Waals surface area (Å²) < 4.78 is 0. The first-order valence-electron chi connectivity index (χ1n) is 9.03. The van der Waals surface area contributed by atoms with Crippen molar-refractivity contribution >= 4 is 5.91 Å². The first kappa shape index (κ1) is 16.5. The quantitative estimate of drug-likeness (QED) is 0.878. The van der Waals surface area contributed by atoms with E-state index in [1.807, 2.05) is 0 Å². The number of hydrogen-bond acceptors (Lipinski definition) is 3. The molecule has 3 N–H and O–H groups in total. The molecule has 1 saturated carbocycles. The number of nitrogens with two attached hydrogens (primary N) is 1. The third-order valence-electron chi connectivity index (χ3n) is 5.25. The molecule has 1 aliphatic heterocycles. The van der Waals surface area contributed by atoms with Crippen LogP contribution in [0.3, 0.4) is 0 Å². The fourth-order valence-electron chi connectivity index (χ4n) is 3.81. The molecule has 1 aromatic carbocycles. The van der Waals surface area contributed by atoms with Crippen LogP contribution in [0.5, 0.6) is 0 Å². The van der Waals surface area contributed by atoms with E-state index in [1.54, 1.807) is 0 Å². The number of carbonyl (C=O) groups excluding carboxylic acids is 1. The van der Waals surface area contributed by atoms with E-state index < -0.39 is 5.54 Å². The maximum atomic E-state index is 12.4. The third-order valence-corrected chi connectivity index (χ3v) is 5.25. The predicted molar refractivity (Wildman–Crippen MR) is 92.8 cm³/mol. The Morgan fingerprint density at radius 1 is 1.09 bits per heavy atom. The highest BCUT2D eigenvalue weighted by atomic mass is 16.2. The van der Waals surface area contributed by atoms with E-state index in [-0.39, 0.29) is 5.91 Å². The van der Waals surface area contributed by atoms with Crippen LogP contribution in [0.4, 0.5) is 0 Å². The highest BCUT2D eigenvalue weighted by Crippen LogP contribution is 2.26. The van der Waals surface area contributed by atoms with Gasteiger partial charge in [-0.25, -0.2) is 0 Å². The molecule has 0 spiro atoms. The molecule has 4 nitrogen and oxygen atoms in total. The van der Waals surface area contributed by atoms with Crippen LogP contribution in [0, 0.1) is 0 Å². The molecule has 2 aliphatic rings. The van der Waals surface area contributed by atoms with E-state index in [0.717, 1.165) is 37.8 Å². The molecule has 126 valence electrons. The molecule has 0 radical (unpaired) electrons. The molecule has 3 rings (SSSR count). The van der Waals surface area contributed by atoms with Crippen LogP contribution in [0.1, 0.15) is 56.1 Å². The van der Waals surface area contributed by atoms with Gasteiger partial charge in [-0.2, -0.15) is 0 Å². The summed E-state index contributed by atoms with van der Waals surface area (Å²) in [6, 6.07) is 8.56. The fraction of sp³-hybridized carbons (Fsp3) is 0.632. The van der Waals surface area contributed by atoms with Crippen LogP contribution >= 0.6 is 0 Å². The van der Waals surface area contributed by atoms with Gasteiger partial charge in [0.15, 0.2) is 0 Å². The minimum absolute atomic E-state index is 0.0159. The molecule has 1 aliphatic carbocycles. The topological polar surface area (TPSA) is 58.4 Å². The molecule has 4 heteroatoms. The predicted octanol–water partition coefficient (Wildman–Crippen LogP) is 2.56. The van der Waals surface area contributed by atoms with Gasteiger partial charge in [0.05, 0.1) is 5.54 Å². The van der Waals surface area contributed by atoms with Crippen molar-refractivity contribution in [2.45, 2.75) is 63.6 Å². The van der Waals surface area contributed by atoms with Crippen molar-refractivity contribution in [2.24, 2.45) is 5.73 Å². The van der Waals surface area contributed by atoms with Crippen molar-refractivity contribution in [1.82, 2.24) is 10.2 Å². The lowest BCUT2D eigenvalue weighted by molar-refractivity contribution is -0.127. The highest BCUT2D eigenvalue weighted by molar-refractivity contribution is 5.86. The molecule has 1 amide bonds. The lowest BCUT2D eigenvalue weighted by Gasteiger charge is -2.31. The van der Waals surface area contributed by atoms with Crippen molar-refractivity contribution in [3.8, 4) is 0 Å². The van der Waals surface area contributed by atoms with Crippen molar-refractivity contribution in [3.05, 3.63) is 35.4 Å². The second-order valence-corrected chi connectivity index (χ2v) is 7.20. The van der Waals surface area contributed by atoms with Crippen LogP contribution in [0.25, 0.3) is 0 Å². The SMILES string of the molecule is NC1(C(=O)NCc2cccc(CN3CCCC3)c2)CCCCC1. The van der Waals surface area contributed by atoms with Gasteiger partial charge in [-0.3, -0.25) is 9.69 Å². The summed E-state index contributed by atoms with van der Waals surface area (Å²) >= 11 is 0. The number of hydrogen-bond donors (Lipinski definition) is 2. The normalized spacial score (nSPS) is 21.3. The second-order valence-electron chi connectivity index (χ2n) is 7.20. The maximum absolute atomic E-state index is 12.4. The average Bonchev–Trinajstić information content (AvgIpc) is 3.06. The number of nitrogens with zero attached hydrogens (tertiary/aromatic N) is 1. The Labute approximate surface area is 139 Å². The van der Waals surface area contributed by atoms with Crippen molar-refractivity contribution < 1.29 is 4.79 Å². The van der Waals surface area contributed by atoms with Gasteiger partial charge in [0, 0.05) is 13.1 Å². The van der Waals surface area contributed by atoms with Crippen LogP contribution < -0.4 is 11.1 Å². The molecule has 0 atom stereocenters. The van der Waals surface area contributed by atoms with Gasteiger partial charge in [0.1, 0.15) is 0 Å². The molecule has 1 heterocycles. The summed E-state index contributed by atoms with van der Waals surface area (Å²) in [5.41, 5.74) is 8.13. The summed E-state index contributed by atoms with van der Waals surface area (Å²) in [5, 5.41) is 3.05. The minimum atomic E-state index is -0.647. The Bertz CT molecular complexity index is 531. The number of amides is 1. The first-order valence-corrected chi connectivity index (χ1v) is 9.03. The Hall–Kier alpha value is -1.39. The standard InChI is InChI=1S/C19H29N3O/c20-19(9-2-1-3-10-19)18(23)21-14-16-7-6-8-17(13-16)15-22-11-4-5-12-22/h6-8,13H,1-5,9-12,14-15,20H2,(H,21,23). The summed E-state index contributed by atoms with van der Waals surface area (Å²) in [5.74, 6) is 0.0159. The molecule has 0 unspecified atom stereocenters. The lowest BCUT2D eigenvalue weighted by atomic mass is 9.82. The average molecular weight is 315 g/mol. The highest BCUT2D eigenvalue weighted by Gasteiger charge is 2.34. The fourth-order valence-corrected chi connectivity index (χ4v) is 3.81. The number of likely N-dealkylation sites (tertiary alicyclic amines) is 1. The summed E-state index contributed by atoms with van der Waals surface area (Å²) in [6.07, 6.45) is 7.58. The van der Waals surface area contributed by atoms with Gasteiger partial charge in [-0.15, -0.1) is 0 Å². The van der Waals surface area contributed by atoms with Gasteiger partial charge < -0.3 is 11.1 Å². The van der Waals surface area contributed by atoms with E-state index in [1.165, 1.54) is 37.9 Å². The zero-order chi connectivity index (χ0) is 16.1. The molecular formula is C19H29N3O. The Balaban J connectivity index is 1.54. The Kier molecular flexibility index (Phi) is 5.34. The van der Waals surface area contributed by atoms with Gasteiger partial charge in [0.2, 0.25) is 5.91 Å². The van der Waals surface area contributed by atoms with Crippen LogP contribution in [-0.2, 0) is 17.9 Å². The number of rotatable bonds is 5. The zero-order valence-corrected chi connectivity index (χ0v) is 14.0. The second kappa shape index (κ2) is 7.45. The van der Waals surface area contributed by atoms with E-state index in [4.69, 9.17) is 5.73 Å². The number of benzene rings is 1. The van der Waals surface area contributed by atoms with Crippen LogP contribution in [0.2, 0.25) is 0 Å². The van der Waals surface area contributed by atoms with Gasteiger partial charge in [-0.05, 0) is 49.9 Å². The van der Waals surface area contributed by atoms with E-state index in [9.17, 15) is 4.79 Å². The van der Waals surface area contributed by atoms with E-state index >= 15 is 0 Å². The van der Waals surface area contributed by atoms with Gasteiger partial charge in [0.25, 0.3) is 0 Å². The number of nitrogens with one attached hydrogen (secondary N) is 1. The molecule has 2 fully saturated rings. The molecule has 23 heavy (non-hydrogen) atoms. The van der Waals surface area contributed by atoms with E-state index in [2.05, 4.69) is 34.5 Å². The minimum Gasteiger partial charge on any atom is -0.350 e. The van der Waals surface area contributed by atoms with Crippen molar-refractivity contribution in [3.63, 3.8) is 0 Å². The smallest absolute Gasteiger partial charge is 0.240 e. The van der Waals surface area contributed by atoms with Gasteiger partial charge in [-0.1, -0.05) is 43.5 Å².